The van der Waals surface area contributed by atoms with Gasteiger partial charge >= 0.3 is 0 Å². The van der Waals surface area contributed by atoms with Crippen molar-refractivity contribution < 1.29 is 19.4 Å². The van der Waals surface area contributed by atoms with E-state index < -0.39 is 11.8 Å². The van der Waals surface area contributed by atoms with Gasteiger partial charge in [-0.2, -0.15) is 0 Å². The van der Waals surface area contributed by atoms with Crippen molar-refractivity contribution in [2.75, 3.05) is 13.2 Å². The van der Waals surface area contributed by atoms with Crippen LogP contribution in [0.2, 0.25) is 0 Å². The number of aliphatic hydroxyl groups is 1. The number of hydrogen-bond acceptors (Lipinski definition) is 4. The van der Waals surface area contributed by atoms with Crippen molar-refractivity contribution in [3.63, 3.8) is 0 Å². The second kappa shape index (κ2) is 8.35. The van der Waals surface area contributed by atoms with Gasteiger partial charge < -0.3 is 19.0 Å². The van der Waals surface area contributed by atoms with Gasteiger partial charge in [0.2, 0.25) is 0 Å². The molecule has 5 rings (SSSR count). The van der Waals surface area contributed by atoms with Crippen LogP contribution in [0.25, 0.3) is 34.2 Å². The average molecular weight is 444 g/mol. The van der Waals surface area contributed by atoms with E-state index in [1.165, 1.54) is 0 Å². The number of benzene rings is 1. The first-order valence-corrected chi connectivity index (χ1v) is 11.0. The predicted octanol–water partition coefficient (Wildman–Crippen LogP) is 3.08. The highest BCUT2D eigenvalue weighted by Gasteiger charge is 2.36. The number of amides is 2. The molecule has 0 saturated carbocycles. The van der Waals surface area contributed by atoms with Crippen molar-refractivity contribution in [1.82, 2.24) is 14.5 Å². The van der Waals surface area contributed by atoms with Crippen molar-refractivity contribution in [3.05, 3.63) is 72.2 Å². The van der Waals surface area contributed by atoms with E-state index >= 15 is 0 Å². The number of aryl methyl sites for hydroxylation is 1. The molecule has 4 bridgehead atoms. The minimum Gasteiger partial charge on any atom is -0.394 e. The first-order chi connectivity index (χ1) is 16.1. The summed E-state index contributed by atoms with van der Waals surface area (Å²) in [6.45, 7) is 9.31. The van der Waals surface area contributed by atoms with E-state index in [9.17, 15) is 14.7 Å². The third-order valence-corrected chi connectivity index (χ3v) is 6.40. The van der Waals surface area contributed by atoms with Crippen LogP contribution in [0.4, 0.5) is 0 Å². The van der Waals surface area contributed by atoms with E-state index in [0.29, 0.717) is 48.4 Å². The third kappa shape index (κ3) is 3.37. The number of hydrogen-bond donors (Lipinski definition) is 2. The van der Waals surface area contributed by atoms with Crippen LogP contribution in [0.5, 0.6) is 0 Å². The van der Waals surface area contributed by atoms with Crippen molar-refractivity contribution in [2.45, 2.75) is 25.6 Å². The molecule has 2 aliphatic heterocycles. The van der Waals surface area contributed by atoms with Gasteiger partial charge in [0.25, 0.3) is 11.8 Å². The van der Waals surface area contributed by atoms with Crippen LogP contribution >= 0.6 is 0 Å². The van der Waals surface area contributed by atoms with E-state index in [4.69, 9.17) is 4.74 Å². The van der Waals surface area contributed by atoms with Crippen LogP contribution in [-0.2, 0) is 27.4 Å². The number of nitrogens with zero attached hydrogens (tertiary/aromatic N) is 2. The van der Waals surface area contributed by atoms with Gasteiger partial charge in [-0.05, 0) is 18.6 Å². The lowest BCUT2D eigenvalue weighted by Crippen LogP contribution is -2.22. The third-order valence-electron chi connectivity index (χ3n) is 6.40. The molecular formula is C26H25N3O4. The van der Waals surface area contributed by atoms with Gasteiger partial charge in [0.15, 0.2) is 0 Å². The van der Waals surface area contributed by atoms with Gasteiger partial charge in [0.05, 0.1) is 30.5 Å². The summed E-state index contributed by atoms with van der Waals surface area (Å²) < 4.78 is 9.98. The minimum atomic E-state index is -0.425. The molecule has 0 spiro atoms. The maximum atomic E-state index is 13.1. The zero-order valence-electron chi connectivity index (χ0n) is 18.2. The Hall–Kier alpha value is -3.68. The molecule has 168 valence electrons. The Labute approximate surface area is 191 Å². The Balaban J connectivity index is 1.84. The summed E-state index contributed by atoms with van der Waals surface area (Å²) in [5, 5.41) is 13.2. The van der Waals surface area contributed by atoms with Crippen molar-refractivity contribution in [2.24, 2.45) is 0 Å². The lowest BCUT2D eigenvalue weighted by molar-refractivity contribution is -0.122. The first-order valence-electron chi connectivity index (χ1n) is 11.0. The zero-order valence-corrected chi connectivity index (χ0v) is 18.2. The van der Waals surface area contributed by atoms with Gasteiger partial charge in [-0.25, -0.2) is 0 Å². The Morgan fingerprint density at radius 2 is 1.76 bits per heavy atom. The molecule has 2 aliphatic rings. The molecule has 7 nitrogen and oxygen atoms in total. The van der Waals surface area contributed by atoms with Crippen LogP contribution in [-0.4, -0.2) is 45.4 Å². The number of aromatic nitrogens is 2. The first kappa shape index (κ1) is 21.2. The monoisotopic (exact) mass is 443 g/mol. The fourth-order valence-electron chi connectivity index (χ4n) is 4.84. The summed E-state index contributed by atoms with van der Waals surface area (Å²) in [4.78, 5) is 26.1. The summed E-state index contributed by atoms with van der Waals surface area (Å²) in [6, 6.07) is 7.79. The second-order valence-electron chi connectivity index (χ2n) is 8.19. The van der Waals surface area contributed by atoms with Crippen molar-refractivity contribution in [3.8, 4) is 0 Å². The number of imide groups is 1. The molecule has 4 heterocycles. The number of rotatable bonds is 3. The summed E-state index contributed by atoms with van der Waals surface area (Å²) in [6.07, 6.45) is 7.42. The lowest BCUT2D eigenvalue weighted by atomic mass is 9.94. The molecule has 7 heteroatoms. The van der Waals surface area contributed by atoms with E-state index in [2.05, 4.69) is 18.5 Å². The van der Waals surface area contributed by atoms with Crippen LogP contribution in [0.1, 0.15) is 28.8 Å². The standard InChI is InChI=1S/C26H25N3O4/c1-3-17-19-13-28(21(17)4-2)10-9-16(15-30)33-12-11-29-14-20(18-7-5-6-8-22(18)29)24-23(19)25(31)27-26(24)32/h3-8,13-14,16,30H,1-2,9-12,15H2,(H,27,31,32). The van der Waals surface area contributed by atoms with Gasteiger partial charge in [0, 0.05) is 58.8 Å². The maximum absolute atomic E-state index is 13.1. The van der Waals surface area contributed by atoms with Crippen LogP contribution in [0.3, 0.4) is 0 Å². The number of aliphatic hydroxyl groups excluding tert-OH is 1. The van der Waals surface area contributed by atoms with Crippen LogP contribution in [0.15, 0.2) is 49.8 Å². The molecule has 0 radical (unpaired) electrons. The van der Waals surface area contributed by atoms with E-state index in [1.54, 1.807) is 12.2 Å². The number of carbonyl (C=O) groups is 2. The summed E-state index contributed by atoms with van der Waals surface area (Å²) >= 11 is 0. The van der Waals surface area contributed by atoms with Crippen LogP contribution in [0, 0.1) is 0 Å². The average Bonchev–Trinajstić information content (AvgIpc) is 3.45. The summed E-state index contributed by atoms with van der Waals surface area (Å²) in [7, 11) is 0. The number of nitrogens with one attached hydrogen (secondary N) is 1. The predicted molar refractivity (Wildman–Crippen MR) is 128 cm³/mol. The molecule has 0 saturated heterocycles. The van der Waals surface area contributed by atoms with Gasteiger partial charge in [-0.1, -0.05) is 37.4 Å². The molecule has 2 N–H and O–H groups in total. The minimum absolute atomic E-state index is 0.0876. The molecule has 0 fully saturated rings. The number of para-hydroxylation sites is 1. The number of fused-ring (bicyclic) bond motifs is 9. The quantitative estimate of drug-likeness (QED) is 0.610. The smallest absolute Gasteiger partial charge is 0.259 e. The Kier molecular flexibility index (Phi) is 5.36. The molecule has 2 amide bonds. The lowest BCUT2D eigenvalue weighted by Gasteiger charge is -2.17. The Morgan fingerprint density at radius 1 is 1.03 bits per heavy atom. The summed E-state index contributed by atoms with van der Waals surface area (Å²) in [5.74, 6) is -0.837. The van der Waals surface area contributed by atoms with Crippen LogP contribution < -0.4 is 5.32 Å². The highest BCUT2D eigenvalue weighted by atomic mass is 16.5. The topological polar surface area (TPSA) is 85.5 Å². The van der Waals surface area contributed by atoms with Gasteiger partial charge in [-0.3, -0.25) is 14.9 Å². The number of carbonyl (C=O) groups excluding carboxylic acids is 2. The largest absolute Gasteiger partial charge is 0.394 e. The maximum Gasteiger partial charge on any atom is 0.259 e. The SMILES string of the molecule is C=Cc1c2cn(c1C=C)CCC(CO)OCCn1cc(c3ccccc31)C1=C2C(=O)NC1=O. The van der Waals surface area contributed by atoms with E-state index in [-0.39, 0.29) is 12.7 Å². The molecule has 3 aromatic rings. The Morgan fingerprint density at radius 3 is 2.48 bits per heavy atom. The fourth-order valence-corrected chi connectivity index (χ4v) is 4.84. The zero-order chi connectivity index (χ0) is 23.1. The number of ether oxygens (including phenoxy) is 1. The van der Waals surface area contributed by atoms with Gasteiger partial charge in [0.1, 0.15) is 0 Å². The normalized spacial score (nSPS) is 18.8. The molecule has 1 atom stereocenters. The van der Waals surface area contributed by atoms with Crippen molar-refractivity contribution >= 4 is 46.0 Å². The van der Waals surface area contributed by atoms with Gasteiger partial charge in [-0.15, -0.1) is 0 Å². The molecule has 2 aromatic heterocycles. The molecule has 33 heavy (non-hydrogen) atoms. The van der Waals surface area contributed by atoms with E-state index in [1.807, 2.05) is 45.8 Å². The highest BCUT2D eigenvalue weighted by Crippen LogP contribution is 2.39. The molecule has 1 unspecified atom stereocenters. The molecule has 1 aromatic carbocycles. The molecular weight excluding hydrogens is 418 g/mol. The van der Waals surface area contributed by atoms with E-state index in [0.717, 1.165) is 22.2 Å². The fraction of sp³-hybridized carbons (Fsp3) is 0.231. The Bertz CT molecular complexity index is 1340. The summed E-state index contributed by atoms with van der Waals surface area (Å²) in [5.41, 5.74) is 4.51. The second-order valence-corrected chi connectivity index (χ2v) is 8.19. The van der Waals surface area contributed by atoms with Crippen molar-refractivity contribution in [1.29, 1.82) is 0 Å². The highest BCUT2D eigenvalue weighted by molar-refractivity contribution is 6.50. The molecule has 0 aliphatic carbocycles.